The Balaban J connectivity index is 1.98. The van der Waals surface area contributed by atoms with E-state index < -0.39 is 26.2 Å². The summed E-state index contributed by atoms with van der Waals surface area (Å²) >= 11 is 0. The van der Waals surface area contributed by atoms with E-state index in [1.807, 2.05) is 4.90 Å². The molecule has 1 N–H and O–H groups in total. The second kappa shape index (κ2) is 7.50. The molecule has 0 atom stereocenters. The second-order valence-corrected chi connectivity index (χ2v) is 7.73. The van der Waals surface area contributed by atoms with Gasteiger partial charge in [0.2, 0.25) is 15.9 Å². The van der Waals surface area contributed by atoms with E-state index in [-0.39, 0.29) is 12.5 Å². The van der Waals surface area contributed by atoms with Gasteiger partial charge in [0.05, 0.1) is 0 Å². The molecule has 0 radical (unpaired) electrons. The molecule has 0 aliphatic carbocycles. The molecule has 0 spiro atoms. The number of piperazine rings is 1. The number of sulfonamides is 1. The van der Waals surface area contributed by atoms with Crippen LogP contribution in [0.1, 0.15) is 6.92 Å². The fourth-order valence-electron chi connectivity index (χ4n) is 2.66. The maximum absolute atomic E-state index is 12.3. The van der Waals surface area contributed by atoms with Crippen LogP contribution in [-0.4, -0.2) is 72.5 Å². The van der Waals surface area contributed by atoms with Crippen molar-refractivity contribution in [2.24, 2.45) is 14.1 Å². The normalized spacial score (nSPS) is 16.2. The van der Waals surface area contributed by atoms with Gasteiger partial charge in [0.25, 0.3) is 5.56 Å². The first-order valence-electron chi connectivity index (χ1n) is 7.87. The van der Waals surface area contributed by atoms with Gasteiger partial charge >= 0.3 is 5.69 Å². The summed E-state index contributed by atoms with van der Waals surface area (Å²) in [4.78, 5) is 38.3. The molecule has 1 fully saturated rings. The lowest BCUT2D eigenvalue weighted by Gasteiger charge is -2.34. The number of rotatable bonds is 5. The lowest BCUT2D eigenvalue weighted by Crippen LogP contribution is -2.50. The smallest absolute Gasteiger partial charge is 0.330 e. The average Bonchev–Trinajstić information content (AvgIpc) is 2.56. The molecule has 11 heteroatoms. The number of aryl methyl sites for hydroxylation is 1. The summed E-state index contributed by atoms with van der Waals surface area (Å²) < 4.78 is 28.9. The van der Waals surface area contributed by atoms with Crippen LogP contribution in [0.25, 0.3) is 0 Å². The van der Waals surface area contributed by atoms with Crippen molar-refractivity contribution >= 4 is 15.9 Å². The predicted molar refractivity (Wildman–Crippen MR) is 90.8 cm³/mol. The minimum Gasteiger partial charge on any atom is -0.340 e. The van der Waals surface area contributed by atoms with Gasteiger partial charge in [-0.2, -0.15) is 0 Å². The Morgan fingerprint density at radius 2 is 1.76 bits per heavy atom. The molecule has 1 aromatic rings. The third kappa shape index (κ3) is 4.35. The zero-order chi connectivity index (χ0) is 18.8. The largest absolute Gasteiger partial charge is 0.340 e. The SMILES string of the molecule is CC(=O)N1CCN(CCNS(=O)(=O)c2cn(C)c(=O)n(C)c2=O)CC1. The monoisotopic (exact) mass is 373 g/mol. The van der Waals surface area contributed by atoms with E-state index in [2.05, 4.69) is 4.72 Å². The van der Waals surface area contributed by atoms with E-state index in [9.17, 15) is 22.8 Å². The van der Waals surface area contributed by atoms with Crippen LogP contribution in [0.2, 0.25) is 0 Å². The number of carbonyl (C=O) groups excluding carboxylic acids is 1. The lowest BCUT2D eigenvalue weighted by atomic mass is 10.3. The van der Waals surface area contributed by atoms with Gasteiger partial charge < -0.3 is 9.47 Å². The van der Waals surface area contributed by atoms with E-state index in [4.69, 9.17) is 0 Å². The highest BCUT2D eigenvalue weighted by Crippen LogP contribution is 2.03. The Morgan fingerprint density at radius 1 is 1.16 bits per heavy atom. The first kappa shape index (κ1) is 19.3. The van der Waals surface area contributed by atoms with Crippen molar-refractivity contribution in [3.05, 3.63) is 27.0 Å². The number of amides is 1. The Labute approximate surface area is 145 Å². The number of nitrogens with one attached hydrogen (secondary N) is 1. The van der Waals surface area contributed by atoms with Gasteiger partial charge in [-0.1, -0.05) is 0 Å². The van der Waals surface area contributed by atoms with Crippen molar-refractivity contribution < 1.29 is 13.2 Å². The number of nitrogens with zero attached hydrogens (tertiary/aromatic N) is 4. The van der Waals surface area contributed by atoms with Crippen molar-refractivity contribution in [2.75, 3.05) is 39.3 Å². The highest BCUT2D eigenvalue weighted by atomic mass is 32.2. The van der Waals surface area contributed by atoms with E-state index in [0.29, 0.717) is 32.7 Å². The van der Waals surface area contributed by atoms with Gasteiger partial charge in [0.1, 0.15) is 0 Å². The molecule has 10 nitrogen and oxygen atoms in total. The molecule has 2 heterocycles. The molecule has 25 heavy (non-hydrogen) atoms. The molecular weight excluding hydrogens is 350 g/mol. The maximum Gasteiger partial charge on any atom is 0.330 e. The summed E-state index contributed by atoms with van der Waals surface area (Å²) in [5.74, 6) is 0.0332. The zero-order valence-electron chi connectivity index (χ0n) is 14.6. The van der Waals surface area contributed by atoms with Crippen LogP contribution in [0, 0.1) is 0 Å². The van der Waals surface area contributed by atoms with Crippen LogP contribution in [0.3, 0.4) is 0 Å². The van der Waals surface area contributed by atoms with Crippen molar-refractivity contribution in [1.29, 1.82) is 0 Å². The van der Waals surface area contributed by atoms with E-state index in [1.165, 1.54) is 21.0 Å². The van der Waals surface area contributed by atoms with Gasteiger partial charge in [0.15, 0.2) is 4.90 Å². The third-order valence-electron chi connectivity index (χ3n) is 4.24. The van der Waals surface area contributed by atoms with Crippen molar-refractivity contribution in [3.8, 4) is 0 Å². The molecule has 0 saturated carbocycles. The van der Waals surface area contributed by atoms with E-state index >= 15 is 0 Å². The highest BCUT2D eigenvalue weighted by molar-refractivity contribution is 7.89. The van der Waals surface area contributed by atoms with E-state index in [1.54, 1.807) is 4.90 Å². The Morgan fingerprint density at radius 3 is 2.32 bits per heavy atom. The fourth-order valence-corrected chi connectivity index (χ4v) is 3.84. The number of hydrogen-bond acceptors (Lipinski definition) is 6. The van der Waals surface area contributed by atoms with Gasteiger partial charge in [0, 0.05) is 66.5 Å². The topological polar surface area (TPSA) is 114 Å². The fraction of sp³-hybridized carbons (Fsp3) is 0.643. The summed E-state index contributed by atoms with van der Waals surface area (Å²) in [5, 5.41) is 0. The summed E-state index contributed by atoms with van der Waals surface area (Å²) in [7, 11) is -1.39. The second-order valence-electron chi connectivity index (χ2n) is 6.00. The van der Waals surface area contributed by atoms with Crippen LogP contribution in [0.5, 0.6) is 0 Å². The predicted octanol–water partition coefficient (Wildman–Crippen LogP) is -2.47. The van der Waals surface area contributed by atoms with E-state index in [0.717, 1.165) is 15.3 Å². The number of hydrogen-bond donors (Lipinski definition) is 1. The molecule has 1 aliphatic heterocycles. The van der Waals surface area contributed by atoms with Crippen molar-refractivity contribution in [2.45, 2.75) is 11.8 Å². The molecule has 0 unspecified atom stereocenters. The van der Waals surface area contributed by atoms with Gasteiger partial charge in [-0.3, -0.25) is 19.1 Å². The molecule has 140 valence electrons. The molecule has 1 amide bonds. The van der Waals surface area contributed by atoms with Gasteiger partial charge in [-0.05, 0) is 0 Å². The molecule has 1 saturated heterocycles. The van der Waals surface area contributed by atoms with Crippen molar-refractivity contribution in [3.63, 3.8) is 0 Å². The first-order chi connectivity index (χ1) is 11.6. The standard InChI is InChI=1S/C14H23N5O5S/c1-11(20)19-8-6-18(7-9-19)5-4-15-25(23,24)12-10-16(2)14(22)17(3)13(12)21/h10,15H,4-9H2,1-3H3. The van der Waals surface area contributed by atoms with Crippen LogP contribution in [0.4, 0.5) is 0 Å². The highest BCUT2D eigenvalue weighted by Gasteiger charge is 2.22. The summed E-state index contributed by atoms with van der Waals surface area (Å²) in [6, 6.07) is 0. The zero-order valence-corrected chi connectivity index (χ0v) is 15.4. The Bertz CT molecular complexity index is 865. The first-order valence-corrected chi connectivity index (χ1v) is 9.36. The quantitative estimate of drug-likeness (QED) is 0.612. The minimum atomic E-state index is -4.01. The van der Waals surface area contributed by atoms with Crippen molar-refractivity contribution in [1.82, 2.24) is 23.7 Å². The Hall–Kier alpha value is -1.98. The van der Waals surface area contributed by atoms with Crippen LogP contribution >= 0.6 is 0 Å². The molecule has 0 aromatic carbocycles. The third-order valence-corrected chi connectivity index (χ3v) is 5.69. The Kier molecular flexibility index (Phi) is 5.80. The molecule has 1 aliphatic rings. The average molecular weight is 373 g/mol. The molecule has 0 bridgehead atoms. The summed E-state index contributed by atoms with van der Waals surface area (Å²) in [5.41, 5.74) is -1.45. The van der Waals surface area contributed by atoms with Crippen LogP contribution < -0.4 is 16.0 Å². The van der Waals surface area contributed by atoms with Crippen LogP contribution in [0.15, 0.2) is 20.7 Å². The minimum absolute atomic E-state index is 0.0332. The molecule has 2 rings (SSSR count). The maximum atomic E-state index is 12.3. The van der Waals surface area contributed by atoms with Gasteiger partial charge in [-0.15, -0.1) is 0 Å². The molecule has 1 aromatic heterocycles. The lowest BCUT2D eigenvalue weighted by molar-refractivity contribution is -0.130. The van der Waals surface area contributed by atoms with Crippen LogP contribution in [-0.2, 0) is 28.9 Å². The summed E-state index contributed by atoms with van der Waals surface area (Å²) in [6.07, 6.45) is 1.03. The number of carbonyl (C=O) groups is 1. The number of aromatic nitrogens is 2. The summed E-state index contributed by atoms with van der Waals surface area (Å²) in [6.45, 7) is 4.70. The molecular formula is C14H23N5O5S. The van der Waals surface area contributed by atoms with Gasteiger partial charge in [-0.25, -0.2) is 17.9 Å².